The number of ether oxygens (including phenoxy) is 1. The summed E-state index contributed by atoms with van der Waals surface area (Å²) in [6.07, 6.45) is 5.13. The molecule has 0 radical (unpaired) electrons. The van der Waals surface area contributed by atoms with Gasteiger partial charge in [-0.25, -0.2) is 4.98 Å². The lowest BCUT2D eigenvalue weighted by molar-refractivity contribution is -0.127. The first-order chi connectivity index (χ1) is 13.8. The molecule has 3 unspecified atom stereocenters. The molecule has 0 bridgehead atoms. The predicted octanol–water partition coefficient (Wildman–Crippen LogP) is 3.33. The van der Waals surface area contributed by atoms with Crippen molar-refractivity contribution in [3.8, 4) is 0 Å². The van der Waals surface area contributed by atoms with Crippen molar-refractivity contribution in [2.75, 3.05) is 20.7 Å². The molecule has 0 saturated carbocycles. The minimum Gasteiger partial charge on any atom is -0.376 e. The number of hydrogen-bond acceptors (Lipinski definition) is 6. The number of nitrogens with zero attached hydrogens (tertiary/aromatic N) is 3. The van der Waals surface area contributed by atoms with Crippen LogP contribution in [0.1, 0.15) is 43.6 Å². The van der Waals surface area contributed by atoms with Crippen LogP contribution < -0.4 is 5.56 Å². The summed E-state index contributed by atoms with van der Waals surface area (Å²) >= 11 is 3.04. The number of aryl methyl sites for hydroxylation is 1. The highest BCUT2D eigenvalue weighted by atomic mass is 32.2. The molecule has 4 rings (SSSR count). The van der Waals surface area contributed by atoms with Gasteiger partial charge in [0, 0.05) is 25.6 Å². The van der Waals surface area contributed by atoms with Gasteiger partial charge in [0.2, 0.25) is 5.91 Å². The normalized spacial score (nSPS) is 22.6. The Kier molecular flexibility index (Phi) is 6.04. The fourth-order valence-electron chi connectivity index (χ4n) is 4.22. The van der Waals surface area contributed by atoms with Crippen molar-refractivity contribution in [3.63, 3.8) is 0 Å². The number of rotatable bonds is 5. The number of thioether (sulfide) groups is 1. The van der Waals surface area contributed by atoms with Crippen molar-refractivity contribution in [3.05, 3.63) is 20.8 Å². The highest BCUT2D eigenvalue weighted by molar-refractivity contribution is 8.00. The van der Waals surface area contributed by atoms with Gasteiger partial charge in [0.1, 0.15) is 4.83 Å². The maximum absolute atomic E-state index is 13.6. The predicted molar refractivity (Wildman–Crippen MR) is 118 cm³/mol. The minimum absolute atomic E-state index is 0.0207. The van der Waals surface area contributed by atoms with Gasteiger partial charge in [-0.2, -0.15) is 0 Å². The van der Waals surface area contributed by atoms with Gasteiger partial charge < -0.3 is 9.64 Å². The van der Waals surface area contributed by atoms with Gasteiger partial charge in [0.15, 0.2) is 5.16 Å². The van der Waals surface area contributed by atoms with E-state index < -0.39 is 0 Å². The summed E-state index contributed by atoms with van der Waals surface area (Å²) in [6.45, 7) is 5.40. The monoisotopic (exact) mass is 435 g/mol. The summed E-state index contributed by atoms with van der Waals surface area (Å²) in [7, 11) is 3.51. The fourth-order valence-corrected chi connectivity index (χ4v) is 6.71. The molecule has 1 aliphatic heterocycles. The minimum atomic E-state index is -0.306. The molecule has 0 spiro atoms. The molecular weight excluding hydrogens is 406 g/mol. The number of aromatic nitrogens is 2. The van der Waals surface area contributed by atoms with Crippen molar-refractivity contribution in [2.45, 2.75) is 69.0 Å². The van der Waals surface area contributed by atoms with E-state index in [1.54, 1.807) is 34.9 Å². The maximum atomic E-state index is 13.6. The van der Waals surface area contributed by atoms with Crippen LogP contribution in [0.5, 0.6) is 0 Å². The molecule has 2 aromatic rings. The fraction of sp³-hybridized carbons (Fsp3) is 0.667. The summed E-state index contributed by atoms with van der Waals surface area (Å²) < 4.78 is 7.58. The Bertz CT molecular complexity index is 976. The molecule has 0 N–H and O–H groups in total. The molecule has 3 atom stereocenters. The second-order valence-electron chi connectivity index (χ2n) is 8.47. The third-order valence-corrected chi connectivity index (χ3v) is 8.09. The first kappa shape index (κ1) is 20.9. The van der Waals surface area contributed by atoms with Crippen molar-refractivity contribution in [1.29, 1.82) is 0 Å². The molecule has 6 nitrogen and oxygen atoms in total. The zero-order valence-electron chi connectivity index (χ0n) is 17.6. The molecule has 3 heterocycles. The summed E-state index contributed by atoms with van der Waals surface area (Å²) in [4.78, 5) is 34.6. The Balaban J connectivity index is 1.79. The molecule has 1 aliphatic carbocycles. The van der Waals surface area contributed by atoms with E-state index in [1.807, 2.05) is 6.92 Å². The van der Waals surface area contributed by atoms with Gasteiger partial charge in [0.05, 0.1) is 23.3 Å². The number of carbonyl (C=O) groups excluding carboxylic acids is 1. The Morgan fingerprint density at radius 1 is 1.41 bits per heavy atom. The zero-order valence-corrected chi connectivity index (χ0v) is 19.2. The molecule has 2 aromatic heterocycles. The number of fused-ring (bicyclic) bond motifs is 3. The Morgan fingerprint density at radius 3 is 2.90 bits per heavy atom. The summed E-state index contributed by atoms with van der Waals surface area (Å²) in [5, 5.41) is 1.12. The zero-order chi connectivity index (χ0) is 20.7. The number of hydrogen-bond donors (Lipinski definition) is 0. The Morgan fingerprint density at radius 2 is 2.21 bits per heavy atom. The van der Waals surface area contributed by atoms with Crippen molar-refractivity contribution in [2.24, 2.45) is 5.92 Å². The van der Waals surface area contributed by atoms with E-state index in [1.165, 1.54) is 22.2 Å². The highest BCUT2D eigenvalue weighted by Crippen LogP contribution is 2.37. The lowest BCUT2D eigenvalue weighted by Gasteiger charge is -2.20. The SMILES string of the molecule is CC1CCc2c(sc3nc(SC(C)C(=O)N(C)C)n(CC4CCCO4)c(=O)c23)C1. The summed E-state index contributed by atoms with van der Waals surface area (Å²) in [5.41, 5.74) is 1.24. The van der Waals surface area contributed by atoms with Crippen LogP contribution >= 0.6 is 23.1 Å². The molecule has 2 aliphatic rings. The third-order valence-electron chi connectivity index (χ3n) is 5.86. The molecule has 0 aromatic carbocycles. The second-order valence-corrected chi connectivity index (χ2v) is 10.9. The quantitative estimate of drug-likeness (QED) is 0.532. The summed E-state index contributed by atoms with van der Waals surface area (Å²) in [5.74, 6) is 0.670. The molecule has 8 heteroatoms. The van der Waals surface area contributed by atoms with Crippen LogP contribution in [-0.2, 0) is 28.9 Å². The van der Waals surface area contributed by atoms with E-state index >= 15 is 0 Å². The molecule has 1 saturated heterocycles. The number of carbonyl (C=O) groups is 1. The van der Waals surface area contributed by atoms with Crippen LogP contribution in [0.15, 0.2) is 9.95 Å². The van der Waals surface area contributed by atoms with Crippen LogP contribution in [0.3, 0.4) is 0 Å². The van der Waals surface area contributed by atoms with Gasteiger partial charge >= 0.3 is 0 Å². The van der Waals surface area contributed by atoms with Crippen LogP contribution in [-0.4, -0.2) is 52.4 Å². The average molecular weight is 436 g/mol. The van der Waals surface area contributed by atoms with Gasteiger partial charge in [-0.05, 0) is 50.5 Å². The number of thiophene rings is 1. The van der Waals surface area contributed by atoms with Gasteiger partial charge in [0.25, 0.3) is 5.56 Å². The van der Waals surface area contributed by atoms with E-state index in [2.05, 4.69) is 6.92 Å². The molecule has 29 heavy (non-hydrogen) atoms. The average Bonchev–Trinajstić information content (AvgIpc) is 3.30. The van der Waals surface area contributed by atoms with Crippen LogP contribution in [0.4, 0.5) is 0 Å². The lowest BCUT2D eigenvalue weighted by atomic mass is 9.89. The molecule has 1 fully saturated rings. The summed E-state index contributed by atoms with van der Waals surface area (Å²) in [6, 6.07) is 0. The van der Waals surface area contributed by atoms with Gasteiger partial charge in [-0.1, -0.05) is 18.7 Å². The van der Waals surface area contributed by atoms with E-state index in [9.17, 15) is 9.59 Å². The first-order valence-electron chi connectivity index (χ1n) is 10.4. The van der Waals surface area contributed by atoms with Crippen molar-refractivity contribution >= 4 is 39.2 Å². The molecular formula is C21H29N3O3S2. The largest absolute Gasteiger partial charge is 0.376 e. The molecule has 1 amide bonds. The van der Waals surface area contributed by atoms with Crippen LogP contribution in [0, 0.1) is 5.92 Å². The van der Waals surface area contributed by atoms with Crippen molar-refractivity contribution in [1.82, 2.24) is 14.5 Å². The molecule has 158 valence electrons. The van der Waals surface area contributed by atoms with Crippen LogP contribution in [0.2, 0.25) is 0 Å². The smallest absolute Gasteiger partial charge is 0.263 e. The first-order valence-corrected chi connectivity index (χ1v) is 12.1. The standard InChI is InChI=1S/C21H29N3O3S2/c1-12-7-8-15-16(10-12)29-18-17(15)20(26)24(11-14-6-5-9-27-14)21(22-18)28-13(2)19(25)23(3)4/h12-14H,5-11H2,1-4H3. The van der Waals surface area contributed by atoms with E-state index in [4.69, 9.17) is 9.72 Å². The third kappa shape index (κ3) is 4.11. The maximum Gasteiger partial charge on any atom is 0.263 e. The topological polar surface area (TPSA) is 64.4 Å². The van der Waals surface area contributed by atoms with Crippen molar-refractivity contribution < 1.29 is 9.53 Å². The number of amides is 1. The van der Waals surface area contributed by atoms with E-state index in [0.717, 1.165) is 48.9 Å². The lowest BCUT2D eigenvalue weighted by Crippen LogP contribution is -2.32. The van der Waals surface area contributed by atoms with Gasteiger partial charge in [-0.15, -0.1) is 11.3 Å². The second kappa shape index (κ2) is 8.40. The Hall–Kier alpha value is -1.38. The Labute approximate surface area is 179 Å². The van der Waals surface area contributed by atoms with E-state index in [0.29, 0.717) is 17.6 Å². The highest BCUT2D eigenvalue weighted by Gasteiger charge is 2.28. The van der Waals surface area contributed by atoms with Crippen LogP contribution in [0.25, 0.3) is 10.2 Å². The van der Waals surface area contributed by atoms with Gasteiger partial charge in [-0.3, -0.25) is 14.2 Å². The van der Waals surface area contributed by atoms with E-state index in [-0.39, 0.29) is 22.8 Å².